The van der Waals surface area contributed by atoms with Gasteiger partial charge in [-0.3, -0.25) is 0 Å². The Morgan fingerprint density at radius 1 is 0.404 bits per heavy atom. The van der Waals surface area contributed by atoms with Gasteiger partial charge in [0, 0.05) is 33.4 Å². The number of nitrogens with zero attached hydrogens (tertiary/aromatic N) is 2. The van der Waals surface area contributed by atoms with Gasteiger partial charge in [0.15, 0.2) is 0 Å². The Morgan fingerprint density at radius 3 is 1.82 bits per heavy atom. The molecule has 4 heteroatoms. The number of furan rings is 1. The van der Waals surface area contributed by atoms with Crippen molar-refractivity contribution in [2.45, 2.75) is 0 Å². The van der Waals surface area contributed by atoms with Crippen molar-refractivity contribution in [3.8, 4) is 44.0 Å². The smallest absolute Gasteiger partial charge is 0.137 e. The van der Waals surface area contributed by atoms with Gasteiger partial charge in [0.2, 0.25) is 0 Å². The van der Waals surface area contributed by atoms with Crippen LogP contribution >= 0.6 is 11.3 Å². The summed E-state index contributed by atoms with van der Waals surface area (Å²) in [5, 5.41) is 5.72. The quantitative estimate of drug-likeness (QED) is 0.163. The first-order valence-electron chi connectivity index (χ1n) is 19.2. The lowest BCUT2D eigenvalue weighted by atomic mass is 9.92. The van der Waals surface area contributed by atoms with E-state index in [2.05, 4.69) is 205 Å². The second-order valence-electron chi connectivity index (χ2n) is 14.4. The Balaban J connectivity index is 1.00. The number of para-hydroxylation sites is 1. The van der Waals surface area contributed by atoms with E-state index in [1.54, 1.807) is 11.3 Å². The molecule has 0 N–H and O–H groups in total. The van der Waals surface area contributed by atoms with Gasteiger partial charge >= 0.3 is 0 Å². The molecule has 11 aromatic rings. The Kier molecular flexibility index (Phi) is 8.01. The van der Waals surface area contributed by atoms with Crippen LogP contribution in [0.25, 0.3) is 86.9 Å². The molecular formula is C53H34N2OS. The average Bonchev–Trinajstić information content (AvgIpc) is 3.89. The fourth-order valence-electron chi connectivity index (χ4n) is 8.09. The lowest BCUT2D eigenvalue weighted by molar-refractivity contribution is 0.669. The van der Waals surface area contributed by atoms with Crippen molar-refractivity contribution in [3.05, 3.63) is 206 Å². The lowest BCUT2D eigenvalue weighted by Crippen LogP contribution is -2.10. The molecule has 0 unspecified atom stereocenters. The van der Waals surface area contributed by atoms with Crippen LogP contribution in [0.4, 0.5) is 17.1 Å². The molecule has 0 bridgehead atoms. The first-order valence-corrected chi connectivity index (χ1v) is 20.0. The molecule has 2 aromatic heterocycles. The van der Waals surface area contributed by atoms with Gasteiger partial charge < -0.3 is 9.32 Å². The molecule has 0 fully saturated rings. The number of anilines is 3. The van der Waals surface area contributed by atoms with Gasteiger partial charge in [-0.15, -0.1) is 11.3 Å². The summed E-state index contributed by atoms with van der Waals surface area (Å²) in [6.45, 7) is 0. The predicted octanol–water partition coefficient (Wildman–Crippen LogP) is 15.5. The van der Waals surface area contributed by atoms with Crippen molar-refractivity contribution in [3.63, 3.8) is 0 Å². The molecule has 3 nitrogen and oxygen atoms in total. The number of rotatable bonds is 7. The molecule has 2 heterocycles. The summed E-state index contributed by atoms with van der Waals surface area (Å²) < 4.78 is 7.53. The van der Waals surface area contributed by atoms with Gasteiger partial charge in [-0.2, -0.15) is 0 Å². The van der Waals surface area contributed by atoms with Crippen LogP contribution < -0.4 is 4.90 Å². The molecule has 0 aliphatic carbocycles. The molecule has 0 saturated heterocycles. The van der Waals surface area contributed by atoms with Gasteiger partial charge in [0.1, 0.15) is 16.2 Å². The van der Waals surface area contributed by atoms with E-state index in [-0.39, 0.29) is 0 Å². The maximum Gasteiger partial charge on any atom is 0.137 e. The minimum absolute atomic E-state index is 0.879. The first-order chi connectivity index (χ1) is 28.2. The second-order valence-corrected chi connectivity index (χ2v) is 15.4. The largest absolute Gasteiger partial charge is 0.456 e. The molecule has 57 heavy (non-hydrogen) atoms. The van der Waals surface area contributed by atoms with Crippen LogP contribution in [0.15, 0.2) is 211 Å². The third-order valence-corrected chi connectivity index (χ3v) is 12.0. The summed E-state index contributed by atoms with van der Waals surface area (Å²) in [5.74, 6) is 0. The highest BCUT2D eigenvalue weighted by molar-refractivity contribution is 7.22. The highest BCUT2D eigenvalue weighted by Gasteiger charge is 2.19. The van der Waals surface area contributed by atoms with E-state index in [0.717, 1.165) is 70.9 Å². The Bertz CT molecular complexity index is 3220. The second kappa shape index (κ2) is 13.8. The molecule has 0 amide bonds. The van der Waals surface area contributed by atoms with Crippen molar-refractivity contribution in [1.82, 2.24) is 4.98 Å². The van der Waals surface area contributed by atoms with Crippen LogP contribution in [-0.4, -0.2) is 4.98 Å². The predicted molar refractivity (Wildman–Crippen MR) is 241 cm³/mol. The Labute approximate surface area is 334 Å². The first kappa shape index (κ1) is 33.1. The summed E-state index contributed by atoms with van der Waals surface area (Å²) >= 11 is 1.72. The molecule has 11 rings (SSSR count). The van der Waals surface area contributed by atoms with Crippen LogP contribution in [0.1, 0.15) is 0 Å². The topological polar surface area (TPSA) is 29.3 Å². The van der Waals surface area contributed by atoms with Crippen molar-refractivity contribution in [2.75, 3.05) is 4.90 Å². The van der Waals surface area contributed by atoms with Crippen molar-refractivity contribution in [1.29, 1.82) is 0 Å². The van der Waals surface area contributed by atoms with Crippen molar-refractivity contribution in [2.24, 2.45) is 0 Å². The normalized spacial score (nSPS) is 11.5. The number of fused-ring (bicyclic) bond motifs is 6. The molecule has 268 valence electrons. The molecule has 9 aromatic carbocycles. The minimum atomic E-state index is 0.879. The van der Waals surface area contributed by atoms with E-state index in [9.17, 15) is 0 Å². The molecule has 0 radical (unpaired) electrons. The van der Waals surface area contributed by atoms with E-state index in [4.69, 9.17) is 9.40 Å². The van der Waals surface area contributed by atoms with Crippen LogP contribution in [0.5, 0.6) is 0 Å². The number of aromatic nitrogens is 1. The van der Waals surface area contributed by atoms with Crippen LogP contribution in [-0.2, 0) is 0 Å². The number of hydrogen-bond acceptors (Lipinski definition) is 4. The Morgan fingerprint density at radius 2 is 1.04 bits per heavy atom. The zero-order valence-electron chi connectivity index (χ0n) is 30.8. The van der Waals surface area contributed by atoms with Gasteiger partial charge in [0.25, 0.3) is 0 Å². The third kappa shape index (κ3) is 5.95. The summed E-state index contributed by atoms with van der Waals surface area (Å²) in [6, 6.07) is 73.5. The van der Waals surface area contributed by atoms with Crippen molar-refractivity contribution < 1.29 is 4.42 Å². The Hall–Kier alpha value is -7.27. The van der Waals surface area contributed by atoms with Crippen LogP contribution in [0, 0.1) is 0 Å². The van der Waals surface area contributed by atoms with E-state index in [0.29, 0.717) is 0 Å². The minimum Gasteiger partial charge on any atom is -0.456 e. The highest BCUT2D eigenvalue weighted by atomic mass is 32.1. The molecule has 0 aliphatic heterocycles. The molecular weight excluding hydrogens is 713 g/mol. The summed E-state index contributed by atoms with van der Waals surface area (Å²) in [7, 11) is 0. The van der Waals surface area contributed by atoms with E-state index >= 15 is 0 Å². The van der Waals surface area contributed by atoms with Gasteiger partial charge in [0.05, 0.1) is 10.2 Å². The monoisotopic (exact) mass is 746 g/mol. The third-order valence-electron chi connectivity index (χ3n) is 10.9. The van der Waals surface area contributed by atoms with Gasteiger partial charge in [-0.05, 0) is 111 Å². The van der Waals surface area contributed by atoms with Crippen molar-refractivity contribution >= 4 is 71.3 Å². The number of benzene rings is 9. The maximum atomic E-state index is 6.38. The average molecular weight is 747 g/mol. The SMILES string of the molecule is c1ccc(-c2nc3ccc4oc5ccc(-c6ccc(N(c7ccccc7)c7ccc(-c8ccc9ccccc9c8)c(-c8ccccc8)c7)cc6)cc5c4c3s2)cc1. The zero-order chi connectivity index (χ0) is 37.7. The molecule has 0 spiro atoms. The van der Waals surface area contributed by atoms with Crippen LogP contribution in [0.2, 0.25) is 0 Å². The molecule has 0 saturated carbocycles. The summed E-state index contributed by atoms with van der Waals surface area (Å²) in [6.07, 6.45) is 0. The van der Waals surface area contributed by atoms with Gasteiger partial charge in [-0.25, -0.2) is 4.98 Å². The fourth-order valence-corrected chi connectivity index (χ4v) is 9.22. The highest BCUT2D eigenvalue weighted by Crippen LogP contribution is 2.43. The van der Waals surface area contributed by atoms with E-state index in [1.807, 2.05) is 6.07 Å². The number of thiazole rings is 1. The lowest BCUT2D eigenvalue weighted by Gasteiger charge is -2.27. The zero-order valence-corrected chi connectivity index (χ0v) is 31.7. The molecule has 0 atom stereocenters. The maximum absolute atomic E-state index is 6.38. The standard InChI is InChI=1S/C53H34N2OS/c1-4-13-37(14-5-1)46-34-44(27-28-45(46)41-21-20-35-12-10-11-17-39(35)32-41)55(42-18-8-3-9-19-42)43-25-22-36(23-26-43)40-24-30-49-47(33-40)51-50(56-49)31-29-48-52(51)57-53(54-48)38-15-6-2-7-16-38/h1-34H. The van der Waals surface area contributed by atoms with Crippen LogP contribution in [0.3, 0.4) is 0 Å². The summed E-state index contributed by atoms with van der Waals surface area (Å²) in [4.78, 5) is 7.35. The van der Waals surface area contributed by atoms with E-state index < -0.39 is 0 Å². The summed E-state index contributed by atoms with van der Waals surface area (Å²) in [5.41, 5.74) is 14.2. The number of hydrogen-bond donors (Lipinski definition) is 0. The van der Waals surface area contributed by atoms with Gasteiger partial charge in [-0.1, -0.05) is 140 Å². The van der Waals surface area contributed by atoms with E-state index in [1.165, 1.54) is 33.0 Å². The molecule has 0 aliphatic rings. The fraction of sp³-hybridized carbons (Fsp3) is 0.